The van der Waals surface area contributed by atoms with Crippen molar-refractivity contribution in [3.05, 3.63) is 52.3 Å². The van der Waals surface area contributed by atoms with Crippen LogP contribution < -0.4 is 15.8 Å². The van der Waals surface area contributed by atoms with Gasteiger partial charge < -0.3 is 20.5 Å². The lowest BCUT2D eigenvalue weighted by Crippen LogP contribution is -2.30. The molecule has 0 spiro atoms. The summed E-state index contributed by atoms with van der Waals surface area (Å²) in [5.74, 6) is -1.60. The summed E-state index contributed by atoms with van der Waals surface area (Å²) < 4.78 is 23.3. The summed E-state index contributed by atoms with van der Waals surface area (Å²) >= 11 is 6.03. The van der Waals surface area contributed by atoms with Gasteiger partial charge in [-0.15, -0.1) is 0 Å². The fourth-order valence-corrected chi connectivity index (χ4v) is 2.31. The molecule has 0 aromatic heterocycles. The minimum absolute atomic E-state index is 0.0223. The number of aryl methyl sites for hydroxylation is 1. The molecule has 0 saturated heterocycles. The van der Waals surface area contributed by atoms with Crippen LogP contribution in [0.5, 0.6) is 5.75 Å². The van der Waals surface area contributed by atoms with Gasteiger partial charge in [0.15, 0.2) is 6.10 Å². The van der Waals surface area contributed by atoms with Crippen LogP contribution in [0.4, 0.5) is 15.8 Å². The van der Waals surface area contributed by atoms with E-state index >= 15 is 0 Å². The molecule has 1 amide bonds. The molecule has 0 fully saturated rings. The smallest absolute Gasteiger partial charge is 0.341 e. The summed E-state index contributed by atoms with van der Waals surface area (Å²) in [7, 11) is 1.44. The molecule has 26 heavy (non-hydrogen) atoms. The van der Waals surface area contributed by atoms with Crippen molar-refractivity contribution in [2.45, 2.75) is 20.0 Å². The highest BCUT2D eigenvalue weighted by Crippen LogP contribution is 2.31. The molecule has 0 saturated carbocycles. The number of nitrogens with one attached hydrogen (secondary N) is 1. The Kier molecular flexibility index (Phi) is 6.05. The van der Waals surface area contributed by atoms with Crippen molar-refractivity contribution >= 4 is 34.9 Å². The lowest BCUT2D eigenvalue weighted by molar-refractivity contribution is -0.123. The number of carbonyl (C=O) groups excluding carboxylic acids is 2. The molecule has 0 radical (unpaired) electrons. The SMILES string of the molecule is COc1cc(Cl)c(C)cc1NC(=O)[C@H](C)OC(=O)c1ccc(F)cc1N. The van der Waals surface area contributed by atoms with Crippen molar-refractivity contribution < 1.29 is 23.5 Å². The number of nitrogens with two attached hydrogens (primary N) is 1. The van der Waals surface area contributed by atoms with E-state index in [1.807, 2.05) is 0 Å². The number of rotatable bonds is 5. The van der Waals surface area contributed by atoms with E-state index in [0.717, 1.165) is 17.7 Å². The highest BCUT2D eigenvalue weighted by atomic mass is 35.5. The summed E-state index contributed by atoms with van der Waals surface area (Å²) in [6.45, 7) is 3.18. The first-order valence-electron chi connectivity index (χ1n) is 7.64. The molecule has 0 aliphatic heterocycles. The van der Waals surface area contributed by atoms with Crippen LogP contribution in [0.15, 0.2) is 30.3 Å². The van der Waals surface area contributed by atoms with Crippen LogP contribution in [-0.4, -0.2) is 25.1 Å². The van der Waals surface area contributed by atoms with Crippen molar-refractivity contribution in [1.29, 1.82) is 0 Å². The molecule has 2 aromatic carbocycles. The van der Waals surface area contributed by atoms with Crippen molar-refractivity contribution in [3.63, 3.8) is 0 Å². The average Bonchev–Trinajstić information content (AvgIpc) is 2.57. The topological polar surface area (TPSA) is 90.6 Å². The van der Waals surface area contributed by atoms with Crippen LogP contribution in [0.25, 0.3) is 0 Å². The number of ether oxygens (including phenoxy) is 2. The first-order chi connectivity index (χ1) is 12.2. The maximum absolute atomic E-state index is 13.1. The van der Waals surface area contributed by atoms with Crippen molar-refractivity contribution in [3.8, 4) is 5.75 Å². The minimum atomic E-state index is -1.12. The van der Waals surface area contributed by atoms with Gasteiger partial charge in [0.05, 0.1) is 18.4 Å². The molecule has 1 atom stereocenters. The molecule has 0 unspecified atom stereocenters. The zero-order chi connectivity index (χ0) is 19.4. The second kappa shape index (κ2) is 8.05. The van der Waals surface area contributed by atoms with Gasteiger partial charge in [-0.1, -0.05) is 11.6 Å². The Hall–Kier alpha value is -2.80. The lowest BCUT2D eigenvalue weighted by atomic mass is 10.2. The van der Waals surface area contributed by atoms with Crippen LogP contribution in [0.2, 0.25) is 5.02 Å². The van der Waals surface area contributed by atoms with Gasteiger partial charge in [-0.2, -0.15) is 0 Å². The predicted octanol–water partition coefficient (Wildman–Crippen LogP) is 3.56. The number of hydrogen-bond donors (Lipinski definition) is 2. The quantitative estimate of drug-likeness (QED) is 0.611. The van der Waals surface area contributed by atoms with Crippen molar-refractivity contribution in [1.82, 2.24) is 0 Å². The van der Waals surface area contributed by atoms with E-state index in [0.29, 0.717) is 16.5 Å². The third-order valence-corrected chi connectivity index (χ3v) is 4.03. The van der Waals surface area contributed by atoms with Gasteiger partial charge in [-0.05, 0) is 43.7 Å². The molecule has 0 aliphatic carbocycles. The van der Waals surface area contributed by atoms with Crippen molar-refractivity contribution in [2.24, 2.45) is 0 Å². The third-order valence-electron chi connectivity index (χ3n) is 3.63. The molecule has 6 nitrogen and oxygen atoms in total. The summed E-state index contributed by atoms with van der Waals surface area (Å²) in [6, 6.07) is 6.50. The Bertz CT molecular complexity index is 857. The highest BCUT2D eigenvalue weighted by Gasteiger charge is 2.22. The molecule has 8 heteroatoms. The van der Waals surface area contributed by atoms with Crippen LogP contribution in [0.3, 0.4) is 0 Å². The van der Waals surface area contributed by atoms with Crippen LogP contribution in [0, 0.1) is 12.7 Å². The second-order valence-electron chi connectivity index (χ2n) is 5.57. The van der Waals surface area contributed by atoms with Crippen molar-refractivity contribution in [2.75, 3.05) is 18.2 Å². The first kappa shape index (κ1) is 19.5. The molecule has 138 valence electrons. The fraction of sp³-hybridized carbons (Fsp3) is 0.222. The van der Waals surface area contributed by atoms with E-state index in [1.54, 1.807) is 19.1 Å². The summed E-state index contributed by atoms with van der Waals surface area (Å²) in [5.41, 5.74) is 6.64. The number of carbonyl (C=O) groups is 2. The number of benzene rings is 2. The van der Waals surface area contributed by atoms with E-state index in [-0.39, 0.29) is 11.3 Å². The summed E-state index contributed by atoms with van der Waals surface area (Å²) in [6.07, 6.45) is -1.12. The van der Waals surface area contributed by atoms with E-state index < -0.39 is 23.8 Å². The van der Waals surface area contributed by atoms with E-state index in [4.69, 9.17) is 26.8 Å². The Labute approximate surface area is 155 Å². The molecular formula is C18H18ClFN2O4. The summed E-state index contributed by atoms with van der Waals surface area (Å²) in [4.78, 5) is 24.4. The van der Waals surface area contributed by atoms with Gasteiger partial charge in [0.25, 0.3) is 5.91 Å². The number of esters is 1. The molecule has 2 aromatic rings. The minimum Gasteiger partial charge on any atom is -0.495 e. The maximum atomic E-state index is 13.1. The Balaban J connectivity index is 2.10. The Morgan fingerprint density at radius 3 is 2.58 bits per heavy atom. The fourth-order valence-electron chi connectivity index (χ4n) is 2.16. The second-order valence-corrected chi connectivity index (χ2v) is 5.98. The standard InChI is InChI=1S/C18H18ClFN2O4/c1-9-6-15(16(25-3)8-13(9)19)22-17(23)10(2)26-18(24)12-5-4-11(20)7-14(12)21/h4-8,10H,21H2,1-3H3,(H,22,23)/t10-/m0/s1. The number of methoxy groups -OCH3 is 1. The largest absolute Gasteiger partial charge is 0.495 e. The zero-order valence-electron chi connectivity index (χ0n) is 14.4. The van der Waals surface area contributed by atoms with E-state index in [2.05, 4.69) is 5.32 Å². The monoisotopic (exact) mass is 380 g/mol. The number of anilines is 2. The molecular weight excluding hydrogens is 363 g/mol. The van der Waals surface area contributed by atoms with E-state index in [1.165, 1.54) is 20.1 Å². The molecule has 0 heterocycles. The van der Waals surface area contributed by atoms with Gasteiger partial charge in [0.1, 0.15) is 11.6 Å². The van der Waals surface area contributed by atoms with Gasteiger partial charge in [-0.25, -0.2) is 9.18 Å². The summed E-state index contributed by atoms with van der Waals surface area (Å²) in [5, 5.41) is 3.11. The van der Waals surface area contributed by atoms with Crippen LogP contribution >= 0.6 is 11.6 Å². The van der Waals surface area contributed by atoms with Crippen LogP contribution in [-0.2, 0) is 9.53 Å². The number of nitrogen functional groups attached to an aromatic ring is 1. The van der Waals surface area contributed by atoms with Crippen LogP contribution in [0.1, 0.15) is 22.8 Å². The lowest BCUT2D eigenvalue weighted by Gasteiger charge is -2.16. The van der Waals surface area contributed by atoms with Gasteiger partial charge >= 0.3 is 5.97 Å². The Morgan fingerprint density at radius 2 is 1.96 bits per heavy atom. The number of hydrogen-bond acceptors (Lipinski definition) is 5. The molecule has 3 N–H and O–H groups in total. The van der Waals surface area contributed by atoms with E-state index in [9.17, 15) is 14.0 Å². The number of amides is 1. The molecule has 0 aliphatic rings. The molecule has 2 rings (SSSR count). The Morgan fingerprint density at radius 1 is 1.27 bits per heavy atom. The normalized spacial score (nSPS) is 11.6. The van der Waals surface area contributed by atoms with Gasteiger partial charge in [-0.3, -0.25) is 4.79 Å². The maximum Gasteiger partial charge on any atom is 0.341 e. The predicted molar refractivity (Wildman–Crippen MR) is 97.1 cm³/mol. The third kappa shape index (κ3) is 4.43. The van der Waals surface area contributed by atoms with Gasteiger partial charge in [0.2, 0.25) is 0 Å². The number of halogens is 2. The van der Waals surface area contributed by atoms with Gasteiger partial charge in [0, 0.05) is 16.8 Å². The zero-order valence-corrected chi connectivity index (χ0v) is 15.2. The highest BCUT2D eigenvalue weighted by molar-refractivity contribution is 6.31. The molecule has 0 bridgehead atoms. The average molecular weight is 381 g/mol. The first-order valence-corrected chi connectivity index (χ1v) is 8.01.